The van der Waals surface area contributed by atoms with E-state index < -0.39 is 0 Å². The SMILES string of the molecule is CCCCCCC(C(N)=O)c1cccc2c1OCO2. The molecule has 1 aliphatic rings. The summed E-state index contributed by atoms with van der Waals surface area (Å²) >= 11 is 0. The third kappa shape index (κ3) is 3.19. The Morgan fingerprint density at radius 2 is 2.16 bits per heavy atom. The van der Waals surface area contributed by atoms with Crippen LogP contribution in [0, 0.1) is 0 Å². The molecule has 0 fully saturated rings. The highest BCUT2D eigenvalue weighted by atomic mass is 16.7. The smallest absolute Gasteiger partial charge is 0.231 e. The van der Waals surface area contributed by atoms with Crippen LogP contribution in [0.3, 0.4) is 0 Å². The van der Waals surface area contributed by atoms with Gasteiger partial charge < -0.3 is 15.2 Å². The Bertz CT molecular complexity index is 445. The van der Waals surface area contributed by atoms with E-state index in [0.717, 1.165) is 24.8 Å². The van der Waals surface area contributed by atoms with E-state index >= 15 is 0 Å². The number of carbonyl (C=O) groups is 1. The lowest BCUT2D eigenvalue weighted by atomic mass is 9.91. The number of hydrogen-bond donors (Lipinski definition) is 1. The second-order valence-corrected chi connectivity index (χ2v) is 4.89. The molecule has 1 aliphatic heterocycles. The van der Waals surface area contributed by atoms with Crippen molar-refractivity contribution in [1.29, 1.82) is 0 Å². The second-order valence-electron chi connectivity index (χ2n) is 4.89. The van der Waals surface area contributed by atoms with Crippen LogP contribution in [0.4, 0.5) is 0 Å². The number of carbonyl (C=O) groups excluding carboxylic acids is 1. The quantitative estimate of drug-likeness (QED) is 0.769. The summed E-state index contributed by atoms with van der Waals surface area (Å²) < 4.78 is 10.8. The van der Waals surface area contributed by atoms with Gasteiger partial charge in [0.1, 0.15) is 0 Å². The van der Waals surface area contributed by atoms with Gasteiger partial charge in [0.15, 0.2) is 11.5 Å². The van der Waals surface area contributed by atoms with E-state index in [1.54, 1.807) is 0 Å². The van der Waals surface area contributed by atoms with Crippen molar-refractivity contribution in [2.24, 2.45) is 5.73 Å². The fraction of sp³-hybridized carbons (Fsp3) is 0.533. The predicted molar refractivity (Wildman–Crippen MR) is 73.3 cm³/mol. The minimum atomic E-state index is -0.291. The number of ether oxygens (including phenoxy) is 2. The molecule has 1 amide bonds. The van der Waals surface area contributed by atoms with Gasteiger partial charge in [-0.05, 0) is 12.5 Å². The Balaban J connectivity index is 2.11. The number of benzene rings is 1. The molecular weight excluding hydrogens is 242 g/mol. The zero-order chi connectivity index (χ0) is 13.7. The molecule has 104 valence electrons. The topological polar surface area (TPSA) is 61.6 Å². The molecule has 2 rings (SSSR count). The largest absolute Gasteiger partial charge is 0.454 e. The first kappa shape index (κ1) is 13.7. The Labute approximate surface area is 113 Å². The molecule has 1 atom stereocenters. The highest BCUT2D eigenvalue weighted by molar-refractivity contribution is 5.83. The zero-order valence-corrected chi connectivity index (χ0v) is 11.4. The van der Waals surface area contributed by atoms with E-state index in [1.165, 1.54) is 12.8 Å². The van der Waals surface area contributed by atoms with Crippen LogP contribution in [-0.2, 0) is 4.79 Å². The molecule has 1 heterocycles. The van der Waals surface area contributed by atoms with E-state index in [1.807, 2.05) is 18.2 Å². The maximum atomic E-state index is 11.7. The van der Waals surface area contributed by atoms with Gasteiger partial charge in [-0.3, -0.25) is 4.79 Å². The maximum absolute atomic E-state index is 11.7. The molecule has 0 saturated heterocycles. The van der Waals surface area contributed by atoms with Crippen LogP contribution in [0.1, 0.15) is 50.5 Å². The van der Waals surface area contributed by atoms with E-state index in [4.69, 9.17) is 15.2 Å². The lowest BCUT2D eigenvalue weighted by molar-refractivity contribution is -0.119. The molecule has 0 aliphatic carbocycles. The highest BCUT2D eigenvalue weighted by Gasteiger charge is 2.26. The van der Waals surface area contributed by atoms with E-state index in [-0.39, 0.29) is 18.6 Å². The monoisotopic (exact) mass is 263 g/mol. The summed E-state index contributed by atoms with van der Waals surface area (Å²) in [5, 5.41) is 0. The van der Waals surface area contributed by atoms with E-state index in [0.29, 0.717) is 11.5 Å². The van der Waals surface area contributed by atoms with E-state index in [2.05, 4.69) is 6.92 Å². The van der Waals surface area contributed by atoms with Gasteiger partial charge in [0.25, 0.3) is 0 Å². The molecule has 1 unspecified atom stereocenters. The Hall–Kier alpha value is -1.71. The molecule has 0 bridgehead atoms. The molecular formula is C15H21NO3. The minimum absolute atomic E-state index is 0.216. The first-order valence-electron chi connectivity index (χ1n) is 6.92. The summed E-state index contributed by atoms with van der Waals surface area (Å²) in [5.41, 5.74) is 6.40. The van der Waals surface area contributed by atoms with Gasteiger partial charge in [0, 0.05) is 5.56 Å². The average Bonchev–Trinajstić information content (AvgIpc) is 2.87. The Kier molecular flexibility index (Phi) is 4.66. The summed E-state index contributed by atoms with van der Waals surface area (Å²) in [7, 11) is 0. The van der Waals surface area contributed by atoms with Gasteiger partial charge in [-0.2, -0.15) is 0 Å². The third-order valence-electron chi connectivity index (χ3n) is 3.49. The number of rotatable bonds is 7. The Morgan fingerprint density at radius 3 is 2.89 bits per heavy atom. The molecule has 4 nitrogen and oxygen atoms in total. The molecule has 2 N–H and O–H groups in total. The maximum Gasteiger partial charge on any atom is 0.231 e. The van der Waals surface area contributed by atoms with Crippen LogP contribution >= 0.6 is 0 Å². The summed E-state index contributed by atoms with van der Waals surface area (Å²) in [6.45, 7) is 2.38. The number of primary amides is 1. The van der Waals surface area contributed by atoms with Crippen molar-refractivity contribution in [2.75, 3.05) is 6.79 Å². The zero-order valence-electron chi connectivity index (χ0n) is 11.4. The van der Waals surface area contributed by atoms with Gasteiger partial charge >= 0.3 is 0 Å². The average molecular weight is 263 g/mol. The van der Waals surface area contributed by atoms with Gasteiger partial charge in [-0.15, -0.1) is 0 Å². The molecule has 0 radical (unpaired) electrons. The van der Waals surface area contributed by atoms with Crippen molar-refractivity contribution < 1.29 is 14.3 Å². The summed E-state index contributed by atoms with van der Waals surface area (Å²) in [6.07, 6.45) is 5.28. The number of para-hydroxylation sites is 1. The third-order valence-corrected chi connectivity index (χ3v) is 3.49. The van der Waals surface area contributed by atoms with Crippen molar-refractivity contribution in [3.05, 3.63) is 23.8 Å². The molecule has 1 aromatic carbocycles. The lowest BCUT2D eigenvalue weighted by Crippen LogP contribution is -2.21. The second kappa shape index (κ2) is 6.45. The van der Waals surface area contributed by atoms with Crippen molar-refractivity contribution in [3.63, 3.8) is 0 Å². The van der Waals surface area contributed by atoms with Gasteiger partial charge in [0.05, 0.1) is 5.92 Å². The molecule has 1 aromatic rings. The summed E-state index contributed by atoms with van der Waals surface area (Å²) in [4.78, 5) is 11.7. The molecule has 0 aromatic heterocycles. The van der Waals surface area contributed by atoms with Crippen LogP contribution in [0.5, 0.6) is 11.5 Å². The number of nitrogens with two attached hydrogens (primary N) is 1. The standard InChI is InChI=1S/C15H21NO3/c1-2-3-4-5-7-12(15(16)17)11-8-6-9-13-14(11)19-10-18-13/h6,8-9,12H,2-5,7,10H2,1H3,(H2,16,17). The Morgan fingerprint density at radius 1 is 1.32 bits per heavy atom. The fourth-order valence-corrected chi connectivity index (χ4v) is 2.45. The molecule has 0 saturated carbocycles. The molecule has 4 heteroatoms. The normalized spacial score (nSPS) is 14.4. The molecule has 0 spiro atoms. The van der Waals surface area contributed by atoms with Crippen LogP contribution in [0.25, 0.3) is 0 Å². The number of fused-ring (bicyclic) bond motifs is 1. The van der Waals surface area contributed by atoms with Crippen molar-refractivity contribution in [2.45, 2.75) is 44.9 Å². The summed E-state index contributed by atoms with van der Waals surface area (Å²) in [6, 6.07) is 5.63. The van der Waals surface area contributed by atoms with Crippen molar-refractivity contribution in [1.82, 2.24) is 0 Å². The van der Waals surface area contributed by atoms with Crippen LogP contribution in [0.15, 0.2) is 18.2 Å². The predicted octanol–water partition coefficient (Wildman–Crippen LogP) is 2.95. The van der Waals surface area contributed by atoms with Crippen LogP contribution in [0.2, 0.25) is 0 Å². The number of amides is 1. The van der Waals surface area contributed by atoms with Crippen LogP contribution < -0.4 is 15.2 Å². The van der Waals surface area contributed by atoms with Crippen molar-refractivity contribution in [3.8, 4) is 11.5 Å². The van der Waals surface area contributed by atoms with Crippen LogP contribution in [-0.4, -0.2) is 12.7 Å². The first-order valence-corrected chi connectivity index (χ1v) is 6.92. The molecule has 19 heavy (non-hydrogen) atoms. The van der Waals surface area contributed by atoms with Crippen molar-refractivity contribution >= 4 is 5.91 Å². The van der Waals surface area contributed by atoms with Gasteiger partial charge in [0.2, 0.25) is 12.7 Å². The number of hydrogen-bond acceptors (Lipinski definition) is 3. The van der Waals surface area contributed by atoms with Gasteiger partial charge in [-0.25, -0.2) is 0 Å². The van der Waals surface area contributed by atoms with Gasteiger partial charge in [-0.1, -0.05) is 44.7 Å². The number of unbranched alkanes of at least 4 members (excludes halogenated alkanes) is 3. The first-order chi connectivity index (χ1) is 9.24. The minimum Gasteiger partial charge on any atom is -0.454 e. The lowest BCUT2D eigenvalue weighted by Gasteiger charge is -2.15. The van der Waals surface area contributed by atoms with E-state index in [9.17, 15) is 4.79 Å². The highest BCUT2D eigenvalue weighted by Crippen LogP contribution is 2.40. The summed E-state index contributed by atoms with van der Waals surface area (Å²) in [5.74, 6) is 0.813. The fourth-order valence-electron chi connectivity index (χ4n) is 2.45.